The summed E-state index contributed by atoms with van der Waals surface area (Å²) in [6.45, 7) is 4.80. The smallest absolute Gasteiger partial charge is 0.359 e. The van der Waals surface area contributed by atoms with Crippen LogP contribution in [0.1, 0.15) is 53.5 Å². The molecule has 0 spiro atoms. The van der Waals surface area contributed by atoms with Gasteiger partial charge in [-0.15, -0.1) is 0 Å². The molecule has 0 atom stereocenters. The number of carbonyl (C=O) groups is 1. The highest BCUT2D eigenvalue weighted by atomic mass is 16.5. The molecule has 0 N–H and O–H groups in total. The minimum absolute atomic E-state index is 0.291. The highest BCUT2D eigenvalue weighted by Gasteiger charge is 2.33. The maximum atomic E-state index is 12.4. The molecule has 2 aliphatic rings. The van der Waals surface area contributed by atoms with Gasteiger partial charge in [0, 0.05) is 36.8 Å². The van der Waals surface area contributed by atoms with Gasteiger partial charge in [-0.3, -0.25) is 9.58 Å². The fourth-order valence-electron chi connectivity index (χ4n) is 3.83. The van der Waals surface area contributed by atoms with Crippen LogP contribution >= 0.6 is 0 Å². The average molecular weight is 339 g/mol. The van der Waals surface area contributed by atoms with Crippen molar-refractivity contribution in [2.75, 3.05) is 13.2 Å². The number of fused-ring (bicyclic) bond motifs is 1. The molecule has 132 valence electrons. The highest BCUT2D eigenvalue weighted by molar-refractivity contribution is 5.89. The molecule has 1 saturated carbocycles. The molecular weight excluding hydrogens is 314 g/mol. The van der Waals surface area contributed by atoms with Gasteiger partial charge < -0.3 is 4.74 Å². The lowest BCUT2D eigenvalue weighted by molar-refractivity contribution is 0.0513. The summed E-state index contributed by atoms with van der Waals surface area (Å²) in [6.07, 6.45) is 4.83. The first kappa shape index (κ1) is 16.3. The van der Waals surface area contributed by atoms with Gasteiger partial charge in [0.1, 0.15) is 0 Å². The lowest BCUT2D eigenvalue weighted by Crippen LogP contribution is -2.43. The SMILES string of the molecule is CCOC(=O)c1nn(Cc2ccccc2)c2c1CN(C1CCC1)CC2. The Morgan fingerprint density at radius 1 is 1.28 bits per heavy atom. The van der Waals surface area contributed by atoms with Gasteiger partial charge in [-0.25, -0.2) is 4.79 Å². The number of hydrogen-bond donors (Lipinski definition) is 0. The van der Waals surface area contributed by atoms with Gasteiger partial charge in [-0.2, -0.15) is 5.10 Å². The molecule has 0 amide bonds. The van der Waals surface area contributed by atoms with E-state index in [1.807, 2.05) is 29.8 Å². The van der Waals surface area contributed by atoms with Crippen molar-refractivity contribution in [3.63, 3.8) is 0 Å². The summed E-state index contributed by atoms with van der Waals surface area (Å²) < 4.78 is 7.27. The Morgan fingerprint density at radius 2 is 2.08 bits per heavy atom. The third-order valence-corrected chi connectivity index (χ3v) is 5.40. The van der Waals surface area contributed by atoms with Gasteiger partial charge >= 0.3 is 5.97 Å². The van der Waals surface area contributed by atoms with E-state index in [9.17, 15) is 4.79 Å². The predicted molar refractivity (Wildman–Crippen MR) is 95.5 cm³/mol. The molecule has 5 heteroatoms. The Morgan fingerprint density at radius 3 is 2.76 bits per heavy atom. The molecule has 4 rings (SSSR count). The van der Waals surface area contributed by atoms with E-state index in [2.05, 4.69) is 22.1 Å². The van der Waals surface area contributed by atoms with Crippen molar-refractivity contribution in [2.24, 2.45) is 0 Å². The number of aromatic nitrogens is 2. The minimum Gasteiger partial charge on any atom is -0.461 e. The van der Waals surface area contributed by atoms with E-state index in [1.54, 1.807) is 0 Å². The standard InChI is InChI=1S/C20H25N3O2/c1-2-25-20(24)19-17-14-22(16-9-6-10-16)12-11-18(17)23(21-19)13-15-7-4-3-5-8-15/h3-5,7-8,16H,2,6,9-14H2,1H3. The van der Waals surface area contributed by atoms with Crippen molar-refractivity contribution in [1.29, 1.82) is 0 Å². The van der Waals surface area contributed by atoms with Gasteiger partial charge in [-0.1, -0.05) is 36.8 Å². The van der Waals surface area contributed by atoms with Crippen LogP contribution in [0.25, 0.3) is 0 Å². The largest absolute Gasteiger partial charge is 0.461 e. The number of rotatable bonds is 5. The Bertz CT molecular complexity index is 750. The third-order valence-electron chi connectivity index (χ3n) is 5.40. The van der Waals surface area contributed by atoms with Crippen LogP contribution in [0.5, 0.6) is 0 Å². The van der Waals surface area contributed by atoms with E-state index < -0.39 is 0 Å². The predicted octanol–water partition coefficient (Wildman–Crippen LogP) is 3.02. The fourth-order valence-corrected chi connectivity index (χ4v) is 3.83. The number of ether oxygens (including phenoxy) is 1. The first-order chi connectivity index (χ1) is 12.3. The molecule has 0 unspecified atom stereocenters. The number of hydrogen-bond acceptors (Lipinski definition) is 4. The van der Waals surface area contributed by atoms with Crippen LogP contribution in [0, 0.1) is 0 Å². The quantitative estimate of drug-likeness (QED) is 0.786. The van der Waals surface area contributed by atoms with Crippen molar-refractivity contribution < 1.29 is 9.53 Å². The van der Waals surface area contributed by atoms with Crippen LogP contribution in [0.2, 0.25) is 0 Å². The normalized spacial score (nSPS) is 17.8. The number of nitrogens with zero attached hydrogens (tertiary/aromatic N) is 3. The molecule has 0 bridgehead atoms. The van der Waals surface area contributed by atoms with Gasteiger partial charge in [0.2, 0.25) is 0 Å². The maximum Gasteiger partial charge on any atom is 0.359 e. The van der Waals surface area contributed by atoms with Crippen LogP contribution in [-0.2, 0) is 24.2 Å². The molecule has 1 aliphatic carbocycles. The van der Waals surface area contributed by atoms with E-state index >= 15 is 0 Å². The number of esters is 1. The molecule has 5 nitrogen and oxygen atoms in total. The maximum absolute atomic E-state index is 12.4. The first-order valence-electron chi connectivity index (χ1n) is 9.30. The third kappa shape index (κ3) is 3.21. The second kappa shape index (κ2) is 7.00. The molecule has 2 heterocycles. The minimum atomic E-state index is -0.291. The first-order valence-corrected chi connectivity index (χ1v) is 9.30. The zero-order chi connectivity index (χ0) is 17.2. The molecule has 0 radical (unpaired) electrons. The van der Waals surface area contributed by atoms with Crippen molar-refractivity contribution in [2.45, 2.75) is 51.7 Å². The van der Waals surface area contributed by atoms with E-state index in [-0.39, 0.29) is 5.97 Å². The summed E-state index contributed by atoms with van der Waals surface area (Å²) in [5, 5.41) is 4.66. The zero-order valence-electron chi connectivity index (χ0n) is 14.8. The molecule has 1 fully saturated rings. The summed E-state index contributed by atoms with van der Waals surface area (Å²) in [4.78, 5) is 14.9. The topological polar surface area (TPSA) is 47.4 Å². The van der Waals surface area contributed by atoms with Crippen molar-refractivity contribution in [3.8, 4) is 0 Å². The van der Waals surface area contributed by atoms with Gasteiger partial charge in [0.15, 0.2) is 5.69 Å². The summed E-state index contributed by atoms with van der Waals surface area (Å²) in [5.74, 6) is -0.291. The molecule has 2 aromatic rings. The van der Waals surface area contributed by atoms with E-state index in [1.165, 1.54) is 30.5 Å². The Labute approximate surface area is 148 Å². The summed E-state index contributed by atoms with van der Waals surface area (Å²) >= 11 is 0. The van der Waals surface area contributed by atoms with Crippen LogP contribution in [0.15, 0.2) is 30.3 Å². The van der Waals surface area contributed by atoms with Crippen LogP contribution in [0.3, 0.4) is 0 Å². The van der Waals surface area contributed by atoms with Crippen LogP contribution in [-0.4, -0.2) is 39.8 Å². The lowest BCUT2D eigenvalue weighted by Gasteiger charge is -2.39. The second-order valence-corrected chi connectivity index (χ2v) is 6.94. The van der Waals surface area contributed by atoms with Crippen molar-refractivity contribution in [3.05, 3.63) is 52.8 Å². The monoisotopic (exact) mass is 339 g/mol. The Hall–Kier alpha value is -2.14. The molecule has 0 saturated heterocycles. The molecule has 1 aromatic carbocycles. The average Bonchev–Trinajstić information content (AvgIpc) is 2.93. The summed E-state index contributed by atoms with van der Waals surface area (Å²) in [5.41, 5.74) is 3.98. The van der Waals surface area contributed by atoms with Crippen molar-refractivity contribution in [1.82, 2.24) is 14.7 Å². The Balaban J connectivity index is 1.65. The van der Waals surface area contributed by atoms with E-state index in [0.717, 1.165) is 25.1 Å². The van der Waals surface area contributed by atoms with Gasteiger partial charge in [0.25, 0.3) is 0 Å². The van der Waals surface area contributed by atoms with Crippen molar-refractivity contribution >= 4 is 5.97 Å². The zero-order valence-corrected chi connectivity index (χ0v) is 14.8. The molecule has 1 aromatic heterocycles. The number of benzene rings is 1. The van der Waals surface area contributed by atoms with E-state index in [4.69, 9.17) is 4.74 Å². The second-order valence-electron chi connectivity index (χ2n) is 6.94. The Kier molecular flexibility index (Phi) is 4.57. The van der Waals surface area contributed by atoms with Gasteiger partial charge in [0.05, 0.1) is 13.2 Å². The molecular formula is C20H25N3O2. The fraction of sp³-hybridized carbons (Fsp3) is 0.500. The molecule has 25 heavy (non-hydrogen) atoms. The van der Waals surface area contributed by atoms with Crippen LogP contribution < -0.4 is 0 Å². The highest BCUT2D eigenvalue weighted by Crippen LogP contribution is 2.31. The summed E-state index contributed by atoms with van der Waals surface area (Å²) in [6, 6.07) is 11.0. The number of carbonyl (C=O) groups excluding carboxylic acids is 1. The summed E-state index contributed by atoms with van der Waals surface area (Å²) in [7, 11) is 0. The van der Waals surface area contributed by atoms with E-state index in [0.29, 0.717) is 24.9 Å². The lowest BCUT2D eigenvalue weighted by atomic mass is 9.89. The van der Waals surface area contributed by atoms with Crippen LogP contribution in [0.4, 0.5) is 0 Å². The molecule has 1 aliphatic heterocycles. The van der Waals surface area contributed by atoms with Gasteiger partial charge in [-0.05, 0) is 25.3 Å².